The summed E-state index contributed by atoms with van der Waals surface area (Å²) in [6, 6.07) is 10.3. The minimum atomic E-state index is 0.956. The Hall–Kier alpha value is -0.378. The van der Waals surface area contributed by atoms with Crippen LogP contribution in [0.4, 0.5) is 0 Å². The van der Waals surface area contributed by atoms with Crippen LogP contribution < -0.4 is 0 Å². The zero-order valence-electron chi connectivity index (χ0n) is 5.56. The molecular weight excluding hydrogens is 215 g/mol. The zero-order valence-corrected chi connectivity index (χ0v) is 7.12. The molecule has 1 heteroatoms. The van der Waals surface area contributed by atoms with E-state index in [-0.39, 0.29) is 0 Å². The maximum absolute atomic E-state index is 3.08. The summed E-state index contributed by atoms with van der Waals surface area (Å²) < 4.78 is 0. The Kier molecular flexibility index (Phi) is 3.43. The molecule has 0 N–H and O–H groups in total. The number of hydrogen-bond acceptors (Lipinski definition) is 0. The van der Waals surface area contributed by atoms with Crippen LogP contribution in [0.3, 0.4) is 0 Å². The molecule has 54 valence electrons. The van der Waals surface area contributed by atoms with Crippen LogP contribution in [0.1, 0.15) is 5.56 Å². The van der Waals surface area contributed by atoms with Crippen molar-refractivity contribution in [3.63, 3.8) is 0 Å². The molecule has 0 aliphatic heterocycles. The molecule has 0 fully saturated rings. The summed E-state index contributed by atoms with van der Waals surface area (Å²) in [6.45, 7) is 0. The van der Waals surface area contributed by atoms with Gasteiger partial charge in [0.25, 0.3) is 0 Å². The van der Waals surface area contributed by atoms with Crippen LogP contribution in [0, 0.1) is 0 Å². The van der Waals surface area contributed by atoms with E-state index in [0.717, 1.165) is 4.89 Å². The third kappa shape index (κ3) is 2.47. The van der Waals surface area contributed by atoms with Crippen molar-refractivity contribution in [2.24, 2.45) is 0 Å². The van der Waals surface area contributed by atoms with E-state index in [1.165, 1.54) is 5.56 Å². The van der Waals surface area contributed by atoms with Gasteiger partial charge in [-0.3, -0.25) is 0 Å². The summed E-state index contributed by atoms with van der Waals surface area (Å²) >= 11 is 3.08. The SMILES string of the molecule is [Pd+][CH2]C=Cc1ccccc1. The van der Waals surface area contributed by atoms with Crippen LogP contribution >= 0.6 is 0 Å². The first kappa shape index (κ1) is 7.73. The molecule has 0 unspecified atom stereocenters. The van der Waals surface area contributed by atoms with Crippen LogP contribution in [0.15, 0.2) is 36.4 Å². The standard InChI is InChI=1S/C9H9.Pd/c1-2-6-9-7-4-3-5-8-9;/h2-8H,1H2;/q;+1. The van der Waals surface area contributed by atoms with Crippen molar-refractivity contribution in [3.05, 3.63) is 42.0 Å². The fourth-order valence-electron chi connectivity index (χ4n) is 0.738. The molecule has 0 aromatic heterocycles. The van der Waals surface area contributed by atoms with Gasteiger partial charge in [0.2, 0.25) is 0 Å². The van der Waals surface area contributed by atoms with Crippen molar-refractivity contribution in [3.8, 4) is 0 Å². The molecule has 1 aromatic carbocycles. The van der Waals surface area contributed by atoms with Crippen molar-refractivity contribution in [2.75, 3.05) is 0 Å². The molecule has 0 bridgehead atoms. The Morgan fingerprint density at radius 2 is 1.90 bits per heavy atom. The maximum atomic E-state index is 3.08. The molecule has 0 saturated heterocycles. The Morgan fingerprint density at radius 3 is 2.50 bits per heavy atom. The van der Waals surface area contributed by atoms with Crippen LogP contribution in [-0.2, 0) is 19.2 Å². The zero-order chi connectivity index (χ0) is 7.23. The topological polar surface area (TPSA) is 0 Å². The van der Waals surface area contributed by atoms with Crippen LogP contribution in [0.2, 0.25) is 4.89 Å². The Balaban J connectivity index is 2.67. The molecule has 0 radical (unpaired) electrons. The van der Waals surface area contributed by atoms with Crippen LogP contribution in [-0.4, -0.2) is 0 Å². The van der Waals surface area contributed by atoms with Crippen molar-refractivity contribution >= 4 is 6.08 Å². The molecule has 1 aromatic rings. The number of benzene rings is 1. The molecule has 0 atom stereocenters. The van der Waals surface area contributed by atoms with E-state index in [2.05, 4.69) is 43.5 Å². The number of rotatable bonds is 2. The van der Waals surface area contributed by atoms with Crippen LogP contribution in [0.5, 0.6) is 0 Å². The van der Waals surface area contributed by atoms with E-state index in [1.807, 2.05) is 18.2 Å². The van der Waals surface area contributed by atoms with Crippen molar-refractivity contribution in [1.82, 2.24) is 0 Å². The van der Waals surface area contributed by atoms with E-state index >= 15 is 0 Å². The van der Waals surface area contributed by atoms with Crippen LogP contribution in [0.25, 0.3) is 6.08 Å². The van der Waals surface area contributed by atoms with Gasteiger partial charge in [-0.05, 0) is 0 Å². The predicted molar refractivity (Wildman–Crippen MR) is 40.3 cm³/mol. The normalized spacial score (nSPS) is 10.6. The minimum absolute atomic E-state index is 0.956. The van der Waals surface area contributed by atoms with Crippen molar-refractivity contribution in [1.29, 1.82) is 0 Å². The molecular formula is C9H9Pd+. The van der Waals surface area contributed by atoms with Gasteiger partial charge in [0.1, 0.15) is 0 Å². The average Bonchev–Trinajstić information content (AvgIpc) is 2.03. The third-order valence-corrected chi connectivity index (χ3v) is 1.55. The summed E-state index contributed by atoms with van der Waals surface area (Å²) in [7, 11) is 0. The van der Waals surface area contributed by atoms with E-state index in [9.17, 15) is 0 Å². The van der Waals surface area contributed by atoms with Gasteiger partial charge in [-0.25, -0.2) is 0 Å². The molecule has 0 nitrogen and oxygen atoms in total. The molecule has 0 amide bonds. The molecule has 0 aliphatic carbocycles. The first-order chi connectivity index (χ1) is 4.93. The second-order valence-corrected chi connectivity index (χ2v) is 2.58. The summed E-state index contributed by atoms with van der Waals surface area (Å²) in [6.07, 6.45) is 4.20. The van der Waals surface area contributed by atoms with Crippen molar-refractivity contribution < 1.29 is 19.2 Å². The Labute approximate surface area is 72.4 Å². The van der Waals surface area contributed by atoms with E-state index < -0.39 is 0 Å². The van der Waals surface area contributed by atoms with Gasteiger partial charge in [0, 0.05) is 0 Å². The quantitative estimate of drug-likeness (QED) is 0.677. The summed E-state index contributed by atoms with van der Waals surface area (Å²) in [4.78, 5) is 0.956. The molecule has 0 spiro atoms. The average molecular weight is 224 g/mol. The van der Waals surface area contributed by atoms with E-state index in [4.69, 9.17) is 0 Å². The van der Waals surface area contributed by atoms with Gasteiger partial charge < -0.3 is 0 Å². The number of allylic oxidation sites excluding steroid dienone is 1. The van der Waals surface area contributed by atoms with E-state index in [0.29, 0.717) is 0 Å². The molecule has 0 saturated carbocycles. The molecule has 10 heavy (non-hydrogen) atoms. The second-order valence-electron chi connectivity index (χ2n) is 1.94. The summed E-state index contributed by atoms with van der Waals surface area (Å²) in [5.74, 6) is 0. The van der Waals surface area contributed by atoms with Gasteiger partial charge >= 0.3 is 72.1 Å². The fraction of sp³-hybridized carbons (Fsp3) is 0.111. The predicted octanol–water partition coefficient (Wildman–Crippen LogP) is 2.66. The first-order valence-electron chi connectivity index (χ1n) is 3.16. The monoisotopic (exact) mass is 223 g/mol. The summed E-state index contributed by atoms with van der Waals surface area (Å²) in [5, 5.41) is 0. The molecule has 0 heterocycles. The second kappa shape index (κ2) is 4.44. The van der Waals surface area contributed by atoms with Crippen molar-refractivity contribution in [2.45, 2.75) is 4.89 Å². The summed E-state index contributed by atoms with van der Waals surface area (Å²) in [5.41, 5.74) is 1.26. The third-order valence-electron chi connectivity index (χ3n) is 1.18. The van der Waals surface area contributed by atoms with Gasteiger partial charge in [-0.15, -0.1) is 0 Å². The fourth-order valence-corrected chi connectivity index (χ4v) is 0.921. The van der Waals surface area contributed by atoms with Gasteiger partial charge in [0.05, 0.1) is 0 Å². The van der Waals surface area contributed by atoms with Gasteiger partial charge in [0.15, 0.2) is 0 Å². The van der Waals surface area contributed by atoms with E-state index in [1.54, 1.807) is 0 Å². The number of hydrogen-bond donors (Lipinski definition) is 0. The molecule has 1 rings (SSSR count). The molecule has 0 aliphatic rings. The van der Waals surface area contributed by atoms with Gasteiger partial charge in [-0.1, -0.05) is 0 Å². The Morgan fingerprint density at radius 1 is 1.20 bits per heavy atom. The Bertz CT molecular complexity index is 201. The first-order valence-corrected chi connectivity index (χ1v) is 4.26. The van der Waals surface area contributed by atoms with Gasteiger partial charge in [-0.2, -0.15) is 0 Å².